The van der Waals surface area contributed by atoms with Crippen LogP contribution in [0.25, 0.3) is 10.8 Å². The van der Waals surface area contributed by atoms with Crippen LogP contribution in [0.5, 0.6) is 5.75 Å². The molecule has 0 saturated heterocycles. The molecule has 1 N–H and O–H groups in total. The number of benzene rings is 3. The summed E-state index contributed by atoms with van der Waals surface area (Å²) in [6, 6.07) is 17.6. The van der Waals surface area contributed by atoms with Crippen molar-refractivity contribution in [3.05, 3.63) is 71.3 Å². The van der Waals surface area contributed by atoms with Gasteiger partial charge in [0.15, 0.2) is 0 Å². The third-order valence-corrected chi connectivity index (χ3v) is 4.17. The summed E-state index contributed by atoms with van der Waals surface area (Å²) in [7, 11) is 1.58. The fourth-order valence-corrected chi connectivity index (χ4v) is 2.64. The number of hydrogen-bond donors (Lipinski definition) is 1. The van der Waals surface area contributed by atoms with E-state index in [0.29, 0.717) is 11.3 Å². The molecule has 3 nitrogen and oxygen atoms in total. The molecule has 1 amide bonds. The highest BCUT2D eigenvalue weighted by Gasteiger charge is 2.15. The molecule has 3 aromatic rings. The van der Waals surface area contributed by atoms with Gasteiger partial charge in [-0.05, 0) is 53.9 Å². The van der Waals surface area contributed by atoms with Crippen LogP contribution in [-0.4, -0.2) is 13.0 Å². The molecule has 0 heterocycles. The van der Waals surface area contributed by atoms with Gasteiger partial charge in [-0.15, -0.1) is 0 Å². The van der Waals surface area contributed by atoms with Crippen LogP contribution in [0.1, 0.15) is 21.5 Å². The molecular weight excluding hydrogens is 286 g/mol. The van der Waals surface area contributed by atoms with E-state index in [1.807, 2.05) is 68.4 Å². The fraction of sp³-hybridized carbons (Fsp3) is 0.150. The van der Waals surface area contributed by atoms with Gasteiger partial charge in [0.2, 0.25) is 0 Å². The van der Waals surface area contributed by atoms with Gasteiger partial charge in [-0.25, -0.2) is 0 Å². The molecule has 3 heteroatoms. The summed E-state index contributed by atoms with van der Waals surface area (Å²) < 4.78 is 5.41. The highest BCUT2D eigenvalue weighted by molar-refractivity contribution is 6.09. The highest BCUT2D eigenvalue weighted by atomic mass is 16.5. The van der Waals surface area contributed by atoms with Crippen molar-refractivity contribution in [1.29, 1.82) is 0 Å². The molecule has 0 saturated carbocycles. The van der Waals surface area contributed by atoms with Gasteiger partial charge in [0.1, 0.15) is 5.75 Å². The minimum Gasteiger partial charge on any atom is -0.496 e. The summed E-state index contributed by atoms with van der Waals surface area (Å²) in [6.45, 7) is 4.03. The summed E-state index contributed by atoms with van der Waals surface area (Å²) in [5, 5.41) is 5.05. The second-order valence-electron chi connectivity index (χ2n) is 5.60. The van der Waals surface area contributed by atoms with E-state index in [2.05, 4.69) is 5.32 Å². The predicted octanol–water partition coefficient (Wildman–Crippen LogP) is 4.72. The molecule has 0 bridgehead atoms. The number of carbonyl (C=O) groups excluding carboxylic acids is 1. The van der Waals surface area contributed by atoms with E-state index < -0.39 is 0 Å². The van der Waals surface area contributed by atoms with Crippen LogP contribution in [-0.2, 0) is 0 Å². The van der Waals surface area contributed by atoms with Gasteiger partial charge in [-0.3, -0.25) is 4.79 Å². The van der Waals surface area contributed by atoms with E-state index in [-0.39, 0.29) is 5.91 Å². The first kappa shape index (κ1) is 15.1. The standard InChI is InChI=1S/C20H19NO2/c1-13-7-6-10-18(14(13)2)21-20(22)17-11-15-8-4-5-9-16(15)12-19(17)23-3/h4-12H,1-3H3,(H,21,22). The average molecular weight is 305 g/mol. The van der Waals surface area contributed by atoms with Crippen LogP contribution in [0.4, 0.5) is 5.69 Å². The maximum atomic E-state index is 12.7. The third kappa shape index (κ3) is 2.90. The smallest absolute Gasteiger partial charge is 0.259 e. The molecule has 0 spiro atoms. The first-order valence-electron chi connectivity index (χ1n) is 7.54. The van der Waals surface area contributed by atoms with Gasteiger partial charge in [-0.2, -0.15) is 0 Å². The lowest BCUT2D eigenvalue weighted by Crippen LogP contribution is -2.14. The number of hydrogen-bond acceptors (Lipinski definition) is 2. The lowest BCUT2D eigenvalue weighted by Gasteiger charge is -2.13. The first-order chi connectivity index (χ1) is 11.1. The van der Waals surface area contributed by atoms with Gasteiger partial charge >= 0.3 is 0 Å². The quantitative estimate of drug-likeness (QED) is 0.760. The Morgan fingerprint density at radius 3 is 2.35 bits per heavy atom. The van der Waals surface area contributed by atoms with E-state index in [1.165, 1.54) is 0 Å². The Morgan fingerprint density at radius 1 is 0.957 bits per heavy atom. The first-order valence-corrected chi connectivity index (χ1v) is 7.54. The maximum absolute atomic E-state index is 12.7. The van der Waals surface area contributed by atoms with E-state index >= 15 is 0 Å². The maximum Gasteiger partial charge on any atom is 0.259 e. The zero-order chi connectivity index (χ0) is 16.4. The van der Waals surface area contributed by atoms with Crippen molar-refractivity contribution >= 4 is 22.4 Å². The van der Waals surface area contributed by atoms with Gasteiger partial charge in [-0.1, -0.05) is 36.4 Å². The van der Waals surface area contributed by atoms with Crippen LogP contribution in [0.15, 0.2) is 54.6 Å². The molecule has 0 aromatic heterocycles. The molecule has 0 radical (unpaired) electrons. The molecule has 0 unspecified atom stereocenters. The highest BCUT2D eigenvalue weighted by Crippen LogP contribution is 2.27. The Labute approximate surface area is 135 Å². The summed E-state index contributed by atoms with van der Waals surface area (Å²) in [5.41, 5.74) is 3.58. The van der Waals surface area contributed by atoms with Crippen molar-refractivity contribution in [1.82, 2.24) is 0 Å². The molecule has 0 aliphatic carbocycles. The molecule has 3 aromatic carbocycles. The van der Waals surface area contributed by atoms with E-state index in [0.717, 1.165) is 27.6 Å². The number of anilines is 1. The number of methoxy groups -OCH3 is 1. The van der Waals surface area contributed by atoms with Crippen molar-refractivity contribution < 1.29 is 9.53 Å². The minimum absolute atomic E-state index is 0.165. The van der Waals surface area contributed by atoms with Crippen molar-refractivity contribution in [2.75, 3.05) is 12.4 Å². The fourth-order valence-electron chi connectivity index (χ4n) is 2.64. The van der Waals surface area contributed by atoms with Gasteiger partial charge in [0.25, 0.3) is 5.91 Å². The normalized spacial score (nSPS) is 10.6. The molecule has 116 valence electrons. The van der Waals surface area contributed by atoms with Crippen molar-refractivity contribution in [2.45, 2.75) is 13.8 Å². The zero-order valence-electron chi connectivity index (χ0n) is 13.5. The van der Waals surface area contributed by atoms with Crippen molar-refractivity contribution in [3.63, 3.8) is 0 Å². The number of carbonyl (C=O) groups is 1. The number of fused-ring (bicyclic) bond motifs is 1. The van der Waals surface area contributed by atoms with Crippen molar-refractivity contribution in [2.24, 2.45) is 0 Å². The Bertz CT molecular complexity index is 884. The molecule has 3 rings (SSSR count). The van der Waals surface area contributed by atoms with Gasteiger partial charge < -0.3 is 10.1 Å². The SMILES string of the molecule is COc1cc2ccccc2cc1C(=O)Nc1cccc(C)c1C. The Balaban J connectivity index is 2.01. The monoisotopic (exact) mass is 305 g/mol. The van der Waals surface area contributed by atoms with Crippen LogP contribution in [0.3, 0.4) is 0 Å². The van der Waals surface area contributed by atoms with Crippen LogP contribution < -0.4 is 10.1 Å². The largest absolute Gasteiger partial charge is 0.496 e. The van der Waals surface area contributed by atoms with Crippen LogP contribution >= 0.6 is 0 Å². The lowest BCUT2D eigenvalue weighted by molar-refractivity contribution is 0.102. The van der Waals surface area contributed by atoms with Crippen LogP contribution in [0, 0.1) is 13.8 Å². The molecular formula is C20H19NO2. The van der Waals surface area contributed by atoms with Gasteiger partial charge in [0.05, 0.1) is 12.7 Å². The number of aryl methyl sites for hydroxylation is 1. The van der Waals surface area contributed by atoms with E-state index in [4.69, 9.17) is 4.74 Å². The number of rotatable bonds is 3. The number of ether oxygens (including phenoxy) is 1. The zero-order valence-corrected chi connectivity index (χ0v) is 13.5. The van der Waals surface area contributed by atoms with Crippen molar-refractivity contribution in [3.8, 4) is 5.75 Å². The Morgan fingerprint density at radius 2 is 1.65 bits per heavy atom. The Hall–Kier alpha value is -2.81. The molecule has 23 heavy (non-hydrogen) atoms. The predicted molar refractivity (Wildman–Crippen MR) is 94.4 cm³/mol. The van der Waals surface area contributed by atoms with E-state index in [9.17, 15) is 4.79 Å². The molecule has 0 atom stereocenters. The molecule has 0 aliphatic heterocycles. The summed E-state index contributed by atoms with van der Waals surface area (Å²) >= 11 is 0. The van der Waals surface area contributed by atoms with E-state index in [1.54, 1.807) is 7.11 Å². The topological polar surface area (TPSA) is 38.3 Å². The number of amides is 1. The van der Waals surface area contributed by atoms with Gasteiger partial charge in [0, 0.05) is 5.69 Å². The Kier molecular flexibility index (Phi) is 4.02. The summed E-state index contributed by atoms with van der Waals surface area (Å²) in [5.74, 6) is 0.410. The third-order valence-electron chi connectivity index (χ3n) is 4.17. The van der Waals surface area contributed by atoms with Crippen LogP contribution in [0.2, 0.25) is 0 Å². The molecule has 0 fully saturated rings. The minimum atomic E-state index is -0.165. The second-order valence-corrected chi connectivity index (χ2v) is 5.60. The average Bonchev–Trinajstić information content (AvgIpc) is 2.57. The summed E-state index contributed by atoms with van der Waals surface area (Å²) in [4.78, 5) is 12.7. The lowest BCUT2D eigenvalue weighted by atomic mass is 10.0. The summed E-state index contributed by atoms with van der Waals surface area (Å²) in [6.07, 6.45) is 0. The number of nitrogens with one attached hydrogen (secondary N) is 1. The molecule has 0 aliphatic rings. The second kappa shape index (κ2) is 6.13.